The standard InChI is InChI=1S/C12H15N3O/c13-10-1-4-15-8-11(14-12(15)7-10)9-2-5-16-6-3-9/h1,4,7-9H,2-3,5-6,13H2. The third-order valence-corrected chi connectivity index (χ3v) is 3.14. The van der Waals surface area contributed by atoms with Gasteiger partial charge in [-0.1, -0.05) is 0 Å². The monoisotopic (exact) mass is 217 g/mol. The predicted octanol–water partition coefficient (Wildman–Crippen LogP) is 1.81. The minimum absolute atomic E-state index is 0.537. The zero-order valence-corrected chi connectivity index (χ0v) is 9.10. The molecule has 84 valence electrons. The van der Waals surface area contributed by atoms with Crippen molar-refractivity contribution in [3.8, 4) is 0 Å². The molecule has 0 bridgehead atoms. The van der Waals surface area contributed by atoms with Gasteiger partial charge in [-0.2, -0.15) is 0 Å². The Balaban J connectivity index is 1.97. The molecule has 0 radical (unpaired) electrons. The number of hydrogen-bond donors (Lipinski definition) is 1. The van der Waals surface area contributed by atoms with Crippen LogP contribution in [0, 0.1) is 0 Å². The van der Waals surface area contributed by atoms with E-state index in [1.165, 1.54) is 0 Å². The number of fused-ring (bicyclic) bond motifs is 1. The highest BCUT2D eigenvalue weighted by atomic mass is 16.5. The number of ether oxygens (including phenoxy) is 1. The summed E-state index contributed by atoms with van der Waals surface area (Å²) in [6, 6.07) is 3.80. The van der Waals surface area contributed by atoms with Crippen LogP contribution in [0.1, 0.15) is 24.5 Å². The van der Waals surface area contributed by atoms with Gasteiger partial charge in [-0.05, 0) is 18.9 Å². The number of anilines is 1. The first-order chi connectivity index (χ1) is 7.83. The summed E-state index contributed by atoms with van der Waals surface area (Å²) in [5, 5.41) is 0. The van der Waals surface area contributed by atoms with E-state index in [-0.39, 0.29) is 0 Å². The molecular weight excluding hydrogens is 202 g/mol. The highest BCUT2D eigenvalue weighted by Crippen LogP contribution is 2.26. The largest absolute Gasteiger partial charge is 0.399 e. The molecule has 2 aromatic rings. The minimum atomic E-state index is 0.537. The predicted molar refractivity (Wildman–Crippen MR) is 62.4 cm³/mol. The molecule has 0 unspecified atom stereocenters. The average molecular weight is 217 g/mol. The molecule has 4 heteroatoms. The Morgan fingerprint density at radius 3 is 3.00 bits per heavy atom. The zero-order valence-electron chi connectivity index (χ0n) is 9.10. The van der Waals surface area contributed by atoms with E-state index in [2.05, 4.69) is 11.2 Å². The van der Waals surface area contributed by atoms with Crippen LogP contribution < -0.4 is 5.73 Å². The van der Waals surface area contributed by atoms with E-state index in [1.807, 2.05) is 22.7 Å². The van der Waals surface area contributed by atoms with E-state index < -0.39 is 0 Å². The number of hydrogen-bond acceptors (Lipinski definition) is 3. The van der Waals surface area contributed by atoms with Gasteiger partial charge in [-0.25, -0.2) is 4.98 Å². The van der Waals surface area contributed by atoms with Crippen molar-refractivity contribution in [2.75, 3.05) is 18.9 Å². The molecule has 0 amide bonds. The fraction of sp³-hybridized carbons (Fsp3) is 0.417. The van der Waals surface area contributed by atoms with Gasteiger partial charge in [0.1, 0.15) is 5.65 Å². The number of nitrogen functional groups attached to an aromatic ring is 1. The van der Waals surface area contributed by atoms with Crippen LogP contribution in [-0.2, 0) is 4.74 Å². The topological polar surface area (TPSA) is 52.5 Å². The Morgan fingerprint density at radius 1 is 1.38 bits per heavy atom. The van der Waals surface area contributed by atoms with Gasteiger partial charge in [0, 0.05) is 43.3 Å². The molecule has 4 nitrogen and oxygen atoms in total. The van der Waals surface area contributed by atoms with Crippen molar-refractivity contribution < 1.29 is 4.74 Å². The van der Waals surface area contributed by atoms with E-state index >= 15 is 0 Å². The molecule has 0 aromatic carbocycles. The van der Waals surface area contributed by atoms with Crippen LogP contribution in [0.4, 0.5) is 5.69 Å². The molecule has 2 N–H and O–H groups in total. The smallest absolute Gasteiger partial charge is 0.139 e. The Labute approximate surface area is 94.0 Å². The SMILES string of the molecule is Nc1ccn2cc(C3CCOCC3)nc2c1. The quantitative estimate of drug-likeness (QED) is 0.792. The lowest BCUT2D eigenvalue weighted by Crippen LogP contribution is -2.14. The second kappa shape index (κ2) is 3.79. The molecule has 0 atom stereocenters. The molecule has 1 aliphatic rings. The van der Waals surface area contributed by atoms with Crippen molar-refractivity contribution in [1.82, 2.24) is 9.38 Å². The fourth-order valence-electron chi connectivity index (χ4n) is 2.21. The van der Waals surface area contributed by atoms with E-state index in [4.69, 9.17) is 10.5 Å². The van der Waals surface area contributed by atoms with Crippen LogP contribution in [0.3, 0.4) is 0 Å². The average Bonchev–Trinajstić information content (AvgIpc) is 2.73. The van der Waals surface area contributed by atoms with Crippen LogP contribution in [0.5, 0.6) is 0 Å². The van der Waals surface area contributed by atoms with Gasteiger partial charge in [0.05, 0.1) is 5.69 Å². The van der Waals surface area contributed by atoms with Gasteiger partial charge in [0.15, 0.2) is 0 Å². The van der Waals surface area contributed by atoms with Crippen molar-refractivity contribution in [2.45, 2.75) is 18.8 Å². The Kier molecular flexibility index (Phi) is 2.29. The molecule has 1 aliphatic heterocycles. The summed E-state index contributed by atoms with van der Waals surface area (Å²) < 4.78 is 7.39. The maximum atomic E-state index is 5.74. The van der Waals surface area contributed by atoms with Crippen LogP contribution >= 0.6 is 0 Å². The summed E-state index contributed by atoms with van der Waals surface area (Å²) in [6.07, 6.45) is 6.20. The molecule has 3 heterocycles. The van der Waals surface area contributed by atoms with Gasteiger partial charge >= 0.3 is 0 Å². The second-order valence-electron chi connectivity index (χ2n) is 4.28. The van der Waals surface area contributed by atoms with E-state index in [0.717, 1.165) is 43.1 Å². The summed E-state index contributed by atoms with van der Waals surface area (Å²) in [7, 11) is 0. The fourth-order valence-corrected chi connectivity index (χ4v) is 2.21. The van der Waals surface area contributed by atoms with Gasteiger partial charge in [-0.15, -0.1) is 0 Å². The zero-order chi connectivity index (χ0) is 11.0. The summed E-state index contributed by atoms with van der Waals surface area (Å²) in [5.74, 6) is 0.537. The number of nitrogens with zero attached hydrogens (tertiary/aromatic N) is 2. The molecule has 1 saturated heterocycles. The molecule has 2 aromatic heterocycles. The third-order valence-electron chi connectivity index (χ3n) is 3.14. The van der Waals surface area contributed by atoms with Crippen molar-refractivity contribution in [1.29, 1.82) is 0 Å². The highest BCUT2D eigenvalue weighted by molar-refractivity contribution is 5.52. The first-order valence-electron chi connectivity index (χ1n) is 5.65. The van der Waals surface area contributed by atoms with Gasteiger partial charge in [0.2, 0.25) is 0 Å². The lowest BCUT2D eigenvalue weighted by Gasteiger charge is -2.19. The van der Waals surface area contributed by atoms with Crippen molar-refractivity contribution in [2.24, 2.45) is 0 Å². The summed E-state index contributed by atoms with van der Waals surface area (Å²) in [5.41, 5.74) is 8.59. The number of rotatable bonds is 1. The number of nitrogens with two attached hydrogens (primary N) is 1. The lowest BCUT2D eigenvalue weighted by atomic mass is 9.97. The summed E-state index contributed by atoms with van der Waals surface area (Å²) in [6.45, 7) is 1.70. The van der Waals surface area contributed by atoms with E-state index in [9.17, 15) is 0 Å². The molecule has 1 fully saturated rings. The molecule has 3 rings (SSSR count). The van der Waals surface area contributed by atoms with Crippen molar-refractivity contribution in [3.05, 3.63) is 30.2 Å². The summed E-state index contributed by atoms with van der Waals surface area (Å²) >= 11 is 0. The summed E-state index contributed by atoms with van der Waals surface area (Å²) in [4.78, 5) is 4.62. The normalized spacial score (nSPS) is 18.0. The van der Waals surface area contributed by atoms with Crippen LogP contribution in [0.2, 0.25) is 0 Å². The first-order valence-corrected chi connectivity index (χ1v) is 5.65. The second-order valence-corrected chi connectivity index (χ2v) is 4.28. The first kappa shape index (κ1) is 9.66. The molecule has 0 spiro atoms. The molecule has 16 heavy (non-hydrogen) atoms. The minimum Gasteiger partial charge on any atom is -0.399 e. The van der Waals surface area contributed by atoms with Crippen LogP contribution in [0.15, 0.2) is 24.5 Å². The maximum Gasteiger partial charge on any atom is 0.139 e. The van der Waals surface area contributed by atoms with Crippen molar-refractivity contribution >= 4 is 11.3 Å². The third kappa shape index (κ3) is 1.65. The molecule has 0 aliphatic carbocycles. The maximum absolute atomic E-state index is 5.74. The lowest BCUT2D eigenvalue weighted by molar-refractivity contribution is 0.0846. The number of aromatic nitrogens is 2. The number of imidazole rings is 1. The Hall–Kier alpha value is -1.55. The highest BCUT2D eigenvalue weighted by Gasteiger charge is 2.18. The van der Waals surface area contributed by atoms with E-state index in [1.54, 1.807) is 0 Å². The Morgan fingerprint density at radius 2 is 2.19 bits per heavy atom. The van der Waals surface area contributed by atoms with Crippen LogP contribution in [-0.4, -0.2) is 22.6 Å². The molecule has 0 saturated carbocycles. The van der Waals surface area contributed by atoms with Crippen LogP contribution in [0.25, 0.3) is 5.65 Å². The van der Waals surface area contributed by atoms with Crippen molar-refractivity contribution in [3.63, 3.8) is 0 Å². The van der Waals surface area contributed by atoms with Gasteiger partial charge in [0.25, 0.3) is 0 Å². The van der Waals surface area contributed by atoms with Gasteiger partial charge in [-0.3, -0.25) is 0 Å². The molecular formula is C12H15N3O. The Bertz CT molecular complexity index is 500. The van der Waals surface area contributed by atoms with E-state index in [0.29, 0.717) is 5.92 Å². The number of pyridine rings is 1. The van der Waals surface area contributed by atoms with Gasteiger partial charge < -0.3 is 14.9 Å².